The van der Waals surface area contributed by atoms with Gasteiger partial charge in [0.2, 0.25) is 0 Å². The van der Waals surface area contributed by atoms with Crippen molar-refractivity contribution in [3.63, 3.8) is 0 Å². The lowest BCUT2D eigenvalue weighted by molar-refractivity contribution is 0.0599. The molecule has 0 saturated carbocycles. The molecule has 0 amide bonds. The Kier molecular flexibility index (Phi) is 5.39. The molecule has 0 spiro atoms. The van der Waals surface area contributed by atoms with Crippen LogP contribution in [0.15, 0.2) is 41.8 Å². The van der Waals surface area contributed by atoms with E-state index < -0.39 is 5.97 Å². The Morgan fingerprint density at radius 2 is 1.97 bits per heavy atom. The van der Waals surface area contributed by atoms with Crippen molar-refractivity contribution in [1.29, 1.82) is 0 Å². The van der Waals surface area contributed by atoms with E-state index in [0.29, 0.717) is 22.5 Å². The number of esters is 1. The Hall–Kier alpha value is -2.70. The lowest BCUT2D eigenvalue weighted by atomic mass is 9.93. The van der Waals surface area contributed by atoms with E-state index in [1.54, 1.807) is 25.2 Å². The van der Waals surface area contributed by atoms with Gasteiger partial charge in [-0.15, -0.1) is 11.3 Å². The van der Waals surface area contributed by atoms with Crippen LogP contribution in [0.2, 0.25) is 0 Å². The number of thiophene rings is 1. The summed E-state index contributed by atoms with van der Waals surface area (Å²) in [7, 11) is 1.35. The van der Waals surface area contributed by atoms with Crippen LogP contribution in [0, 0.1) is 13.8 Å². The van der Waals surface area contributed by atoms with Crippen molar-refractivity contribution in [2.75, 3.05) is 20.2 Å². The molecule has 0 bridgehead atoms. The van der Waals surface area contributed by atoms with E-state index in [1.807, 2.05) is 18.2 Å². The molecule has 0 fully saturated rings. The summed E-state index contributed by atoms with van der Waals surface area (Å²) in [5, 5.41) is 2.13. The highest BCUT2D eigenvalue weighted by Gasteiger charge is 2.32. The number of Topliss-reactive ketones (excluding diaryl/α,β-unsaturated/α-hetero) is 1. The quantitative estimate of drug-likeness (QED) is 0.505. The minimum Gasteiger partial charge on any atom is -0.465 e. The zero-order valence-corrected chi connectivity index (χ0v) is 17.6. The zero-order valence-electron chi connectivity index (χ0n) is 16.8. The minimum atomic E-state index is -0.418. The summed E-state index contributed by atoms with van der Waals surface area (Å²) in [4.78, 5) is 32.0. The van der Waals surface area contributed by atoms with Gasteiger partial charge in [-0.05, 0) is 48.4 Å². The Balaban J connectivity index is 1.65. The third kappa shape index (κ3) is 3.54. The van der Waals surface area contributed by atoms with Gasteiger partial charge in [-0.3, -0.25) is 9.69 Å². The number of hydrogen-bond acceptors (Lipinski definition) is 5. The van der Waals surface area contributed by atoms with Gasteiger partial charge in [-0.2, -0.15) is 0 Å². The van der Waals surface area contributed by atoms with Crippen molar-refractivity contribution in [2.45, 2.75) is 26.3 Å². The Bertz CT molecular complexity index is 1050. The van der Waals surface area contributed by atoms with E-state index in [0.717, 1.165) is 13.0 Å². The van der Waals surface area contributed by atoms with E-state index in [9.17, 15) is 9.59 Å². The van der Waals surface area contributed by atoms with Gasteiger partial charge in [0.15, 0.2) is 5.78 Å². The number of H-pyrrole nitrogens is 1. The van der Waals surface area contributed by atoms with Gasteiger partial charge < -0.3 is 9.72 Å². The molecular formula is C23H24N2O3S. The Morgan fingerprint density at radius 1 is 1.21 bits per heavy atom. The molecule has 3 heterocycles. The van der Waals surface area contributed by atoms with E-state index in [4.69, 9.17) is 4.74 Å². The number of aromatic nitrogens is 1. The summed E-state index contributed by atoms with van der Waals surface area (Å²) >= 11 is 1.79. The van der Waals surface area contributed by atoms with Crippen LogP contribution in [0.3, 0.4) is 0 Å². The van der Waals surface area contributed by atoms with E-state index in [2.05, 4.69) is 33.5 Å². The second-order valence-corrected chi connectivity index (χ2v) is 8.37. The molecule has 29 heavy (non-hydrogen) atoms. The molecule has 5 nitrogen and oxygen atoms in total. The van der Waals surface area contributed by atoms with Gasteiger partial charge in [0, 0.05) is 17.1 Å². The summed E-state index contributed by atoms with van der Waals surface area (Å²) in [6.07, 6.45) is 0.944. The van der Waals surface area contributed by atoms with Crippen LogP contribution in [-0.4, -0.2) is 41.8 Å². The number of ether oxygens (including phenoxy) is 1. The lowest BCUT2D eigenvalue weighted by Crippen LogP contribution is -2.39. The maximum atomic E-state index is 13.2. The maximum absolute atomic E-state index is 13.2. The number of benzene rings is 1. The minimum absolute atomic E-state index is 0.0136. The molecule has 1 aromatic carbocycles. The van der Waals surface area contributed by atoms with Crippen molar-refractivity contribution in [2.24, 2.45) is 0 Å². The maximum Gasteiger partial charge on any atom is 0.339 e. The van der Waals surface area contributed by atoms with Crippen molar-refractivity contribution >= 4 is 23.1 Å². The van der Waals surface area contributed by atoms with Crippen molar-refractivity contribution in [3.8, 4) is 0 Å². The van der Waals surface area contributed by atoms with Gasteiger partial charge in [0.25, 0.3) is 0 Å². The van der Waals surface area contributed by atoms with Gasteiger partial charge in [-0.1, -0.05) is 30.3 Å². The third-order valence-electron chi connectivity index (χ3n) is 5.63. The molecule has 150 valence electrons. The first-order valence-electron chi connectivity index (χ1n) is 9.67. The second-order valence-electron chi connectivity index (χ2n) is 7.37. The predicted octanol–water partition coefficient (Wildman–Crippen LogP) is 4.31. The molecule has 4 rings (SSSR count). The fourth-order valence-electron chi connectivity index (χ4n) is 4.26. The van der Waals surface area contributed by atoms with Crippen LogP contribution in [0.5, 0.6) is 0 Å². The normalized spacial score (nSPS) is 16.4. The first-order chi connectivity index (χ1) is 14.0. The molecule has 6 heteroatoms. The third-order valence-corrected chi connectivity index (χ3v) is 6.63. The predicted molar refractivity (Wildman–Crippen MR) is 114 cm³/mol. The van der Waals surface area contributed by atoms with Crippen molar-refractivity contribution in [3.05, 3.63) is 80.3 Å². The number of hydrogen-bond donors (Lipinski definition) is 1. The molecule has 1 aliphatic rings. The van der Waals surface area contributed by atoms with Gasteiger partial charge in [0.05, 0.1) is 31.0 Å². The molecule has 1 aliphatic heterocycles. The van der Waals surface area contributed by atoms with Crippen LogP contribution in [0.1, 0.15) is 54.1 Å². The molecule has 1 N–H and O–H groups in total. The number of fused-ring (bicyclic) bond motifs is 1. The summed E-state index contributed by atoms with van der Waals surface area (Å²) in [5.74, 6) is -0.432. The van der Waals surface area contributed by atoms with Gasteiger partial charge in [0.1, 0.15) is 0 Å². The molecule has 0 aliphatic carbocycles. The lowest BCUT2D eigenvalue weighted by Gasteiger charge is -2.35. The number of aryl methyl sites for hydroxylation is 1. The fraction of sp³-hybridized carbons (Fsp3) is 0.304. The first-order valence-corrected chi connectivity index (χ1v) is 10.5. The molecule has 0 radical (unpaired) electrons. The first kappa shape index (κ1) is 19.6. The number of rotatable bonds is 5. The smallest absolute Gasteiger partial charge is 0.339 e. The highest BCUT2D eigenvalue weighted by atomic mass is 32.1. The number of nitrogens with zero attached hydrogens (tertiary/aromatic N) is 1. The average molecular weight is 409 g/mol. The van der Waals surface area contributed by atoms with Gasteiger partial charge in [-0.25, -0.2) is 4.79 Å². The summed E-state index contributed by atoms with van der Waals surface area (Å²) in [5.41, 5.74) is 4.74. The summed E-state index contributed by atoms with van der Waals surface area (Å²) in [6.45, 7) is 4.70. The summed E-state index contributed by atoms with van der Waals surface area (Å²) in [6, 6.07) is 12.6. The topological polar surface area (TPSA) is 62.4 Å². The van der Waals surface area contributed by atoms with Crippen LogP contribution in [-0.2, 0) is 11.2 Å². The SMILES string of the molecule is COC(=O)c1c(C)[nH]c(C(=O)CN2CCc3sccc3C2c2ccccc2)c1C. The summed E-state index contributed by atoms with van der Waals surface area (Å²) < 4.78 is 4.87. The van der Waals surface area contributed by atoms with Crippen LogP contribution >= 0.6 is 11.3 Å². The van der Waals surface area contributed by atoms with Crippen LogP contribution < -0.4 is 0 Å². The average Bonchev–Trinajstić information content (AvgIpc) is 3.32. The van der Waals surface area contributed by atoms with Crippen molar-refractivity contribution < 1.29 is 14.3 Å². The number of carbonyl (C=O) groups excluding carboxylic acids is 2. The zero-order chi connectivity index (χ0) is 20.5. The molecule has 1 unspecified atom stereocenters. The monoisotopic (exact) mass is 408 g/mol. The molecule has 3 aromatic rings. The number of methoxy groups -OCH3 is 1. The van der Waals surface area contributed by atoms with Crippen LogP contribution in [0.25, 0.3) is 0 Å². The van der Waals surface area contributed by atoms with E-state index in [1.165, 1.54) is 23.1 Å². The number of nitrogens with one attached hydrogen (secondary N) is 1. The molecule has 2 aromatic heterocycles. The molecular weight excluding hydrogens is 384 g/mol. The highest BCUT2D eigenvalue weighted by molar-refractivity contribution is 7.10. The molecule has 1 atom stereocenters. The van der Waals surface area contributed by atoms with Gasteiger partial charge >= 0.3 is 5.97 Å². The number of carbonyl (C=O) groups is 2. The largest absolute Gasteiger partial charge is 0.465 e. The molecule has 0 saturated heterocycles. The number of aromatic amines is 1. The van der Waals surface area contributed by atoms with Crippen LogP contribution in [0.4, 0.5) is 0 Å². The van der Waals surface area contributed by atoms with E-state index in [-0.39, 0.29) is 18.4 Å². The second kappa shape index (κ2) is 7.97. The van der Waals surface area contributed by atoms with Crippen molar-refractivity contribution in [1.82, 2.24) is 9.88 Å². The fourth-order valence-corrected chi connectivity index (χ4v) is 5.17. The number of ketones is 1. The Labute approximate surface area is 174 Å². The standard InChI is InChI=1S/C23H24N2O3S/c1-14-20(23(27)28-3)15(2)24-21(14)18(26)13-25-11-9-19-17(10-12-29-19)22(25)16-7-5-4-6-8-16/h4-8,10,12,22,24H,9,11,13H2,1-3H3. The van der Waals surface area contributed by atoms with E-state index >= 15 is 0 Å². The highest BCUT2D eigenvalue weighted by Crippen LogP contribution is 2.37. The Morgan fingerprint density at radius 3 is 2.69 bits per heavy atom.